The van der Waals surface area contributed by atoms with E-state index >= 15 is 0 Å². The Morgan fingerprint density at radius 3 is 2.48 bits per heavy atom. The number of amides is 1. The second-order valence-corrected chi connectivity index (χ2v) is 5.02. The first-order valence-electron chi connectivity index (χ1n) is 7.34. The molecule has 0 aromatic heterocycles. The molecule has 0 spiro atoms. The molecule has 0 heterocycles. The Morgan fingerprint density at radius 2 is 1.95 bits per heavy atom. The smallest absolute Gasteiger partial charge is 0.260 e. The summed E-state index contributed by atoms with van der Waals surface area (Å²) in [5, 5.41) is 0. The number of carbonyl (C=O) groups is 1. The molecule has 1 amide bonds. The highest BCUT2D eigenvalue weighted by Crippen LogP contribution is 2.28. The van der Waals surface area contributed by atoms with Crippen LogP contribution in [0.5, 0.6) is 11.5 Å². The van der Waals surface area contributed by atoms with E-state index in [4.69, 9.17) is 15.2 Å². The van der Waals surface area contributed by atoms with Crippen molar-refractivity contribution in [3.05, 3.63) is 23.8 Å². The molecule has 0 radical (unpaired) electrons. The number of methoxy groups -OCH3 is 1. The number of nitrogens with two attached hydrogens (primary N) is 1. The number of carbonyl (C=O) groups excluding carboxylic acids is 1. The van der Waals surface area contributed by atoms with Crippen molar-refractivity contribution in [3.63, 3.8) is 0 Å². The van der Waals surface area contributed by atoms with E-state index in [9.17, 15) is 4.79 Å². The van der Waals surface area contributed by atoms with Gasteiger partial charge in [-0.3, -0.25) is 4.79 Å². The predicted octanol–water partition coefficient (Wildman–Crippen LogP) is 1.83. The number of hydrogen-bond acceptors (Lipinski definition) is 4. The van der Waals surface area contributed by atoms with Crippen LogP contribution in [-0.2, 0) is 11.2 Å². The summed E-state index contributed by atoms with van der Waals surface area (Å²) in [4.78, 5) is 13.7. The minimum Gasteiger partial charge on any atom is -0.493 e. The van der Waals surface area contributed by atoms with Gasteiger partial charge in [0.15, 0.2) is 18.1 Å². The van der Waals surface area contributed by atoms with E-state index in [-0.39, 0.29) is 18.6 Å². The molecule has 0 saturated heterocycles. The van der Waals surface area contributed by atoms with E-state index in [1.165, 1.54) is 0 Å². The van der Waals surface area contributed by atoms with Crippen LogP contribution in [0.2, 0.25) is 0 Å². The molecule has 1 rings (SSSR count). The second kappa shape index (κ2) is 8.52. The largest absolute Gasteiger partial charge is 0.493 e. The molecule has 0 aliphatic carbocycles. The molecule has 0 fully saturated rings. The lowest BCUT2D eigenvalue weighted by Gasteiger charge is -2.19. The first-order chi connectivity index (χ1) is 10.0. The van der Waals surface area contributed by atoms with E-state index in [1.54, 1.807) is 12.0 Å². The predicted molar refractivity (Wildman–Crippen MR) is 83.8 cm³/mol. The zero-order chi connectivity index (χ0) is 15.8. The lowest BCUT2D eigenvalue weighted by atomic mass is 10.1. The average Bonchev–Trinajstić information content (AvgIpc) is 2.46. The minimum absolute atomic E-state index is 0.0136. The molecule has 0 saturated carbocycles. The highest BCUT2D eigenvalue weighted by molar-refractivity contribution is 5.77. The Balaban J connectivity index is 2.78. The monoisotopic (exact) mass is 294 g/mol. The van der Waals surface area contributed by atoms with Crippen molar-refractivity contribution in [2.75, 3.05) is 26.8 Å². The summed E-state index contributed by atoms with van der Waals surface area (Å²) < 4.78 is 10.9. The van der Waals surface area contributed by atoms with E-state index in [2.05, 4.69) is 0 Å². The first kappa shape index (κ1) is 17.3. The maximum absolute atomic E-state index is 12.0. The fraction of sp³-hybridized carbons (Fsp3) is 0.562. The summed E-state index contributed by atoms with van der Waals surface area (Å²) in [6, 6.07) is 5.76. The van der Waals surface area contributed by atoms with Crippen LogP contribution in [-0.4, -0.2) is 43.7 Å². The van der Waals surface area contributed by atoms with Gasteiger partial charge in [0.1, 0.15) is 0 Å². The van der Waals surface area contributed by atoms with Gasteiger partial charge in [-0.25, -0.2) is 0 Å². The van der Waals surface area contributed by atoms with Gasteiger partial charge in [0.05, 0.1) is 7.11 Å². The summed E-state index contributed by atoms with van der Waals surface area (Å²) in [6.45, 7) is 7.23. The molecule has 5 heteroatoms. The van der Waals surface area contributed by atoms with Crippen LogP contribution in [0.1, 0.15) is 26.3 Å². The van der Waals surface area contributed by atoms with Crippen LogP contribution >= 0.6 is 0 Å². The van der Waals surface area contributed by atoms with Crippen molar-refractivity contribution < 1.29 is 14.3 Å². The minimum atomic E-state index is -0.0281. The summed E-state index contributed by atoms with van der Waals surface area (Å²) >= 11 is 0. The Kier molecular flexibility index (Phi) is 7.02. The average molecular weight is 294 g/mol. The lowest BCUT2D eigenvalue weighted by molar-refractivity contribution is -0.132. The Bertz CT molecular complexity index is 457. The van der Waals surface area contributed by atoms with Crippen LogP contribution in [0.3, 0.4) is 0 Å². The van der Waals surface area contributed by atoms with Gasteiger partial charge in [-0.05, 0) is 44.9 Å². The van der Waals surface area contributed by atoms with Crippen molar-refractivity contribution in [1.29, 1.82) is 0 Å². The van der Waals surface area contributed by atoms with E-state index in [0.29, 0.717) is 24.6 Å². The molecule has 0 aliphatic heterocycles. The summed E-state index contributed by atoms with van der Waals surface area (Å²) in [7, 11) is 1.58. The SMILES string of the molecule is CCN(CC)C(=O)COc1cc(CC(C)N)ccc1OC. The van der Waals surface area contributed by atoms with E-state index in [0.717, 1.165) is 12.0 Å². The third kappa shape index (κ3) is 5.27. The molecule has 0 bridgehead atoms. The highest BCUT2D eigenvalue weighted by Gasteiger charge is 2.13. The van der Waals surface area contributed by atoms with Gasteiger partial charge in [0, 0.05) is 19.1 Å². The molecule has 1 atom stereocenters. The Morgan fingerprint density at radius 1 is 1.29 bits per heavy atom. The van der Waals surface area contributed by atoms with Gasteiger partial charge in [-0.15, -0.1) is 0 Å². The summed E-state index contributed by atoms with van der Waals surface area (Å²) in [5.41, 5.74) is 6.88. The zero-order valence-electron chi connectivity index (χ0n) is 13.4. The molecular formula is C16H26N2O3. The lowest BCUT2D eigenvalue weighted by Crippen LogP contribution is -2.34. The molecule has 118 valence electrons. The Hall–Kier alpha value is -1.75. The first-order valence-corrected chi connectivity index (χ1v) is 7.34. The normalized spacial score (nSPS) is 11.9. The molecular weight excluding hydrogens is 268 g/mol. The number of ether oxygens (including phenoxy) is 2. The van der Waals surface area contributed by atoms with Crippen molar-refractivity contribution >= 4 is 5.91 Å². The van der Waals surface area contributed by atoms with Gasteiger partial charge in [-0.1, -0.05) is 6.07 Å². The maximum Gasteiger partial charge on any atom is 0.260 e. The van der Waals surface area contributed by atoms with E-state index < -0.39 is 0 Å². The summed E-state index contributed by atoms with van der Waals surface area (Å²) in [6.07, 6.45) is 0.754. The molecule has 1 aromatic carbocycles. The fourth-order valence-corrected chi connectivity index (χ4v) is 2.14. The van der Waals surface area contributed by atoms with Crippen LogP contribution in [0.4, 0.5) is 0 Å². The fourth-order valence-electron chi connectivity index (χ4n) is 2.14. The number of benzene rings is 1. The number of hydrogen-bond donors (Lipinski definition) is 1. The molecule has 1 aromatic rings. The van der Waals surface area contributed by atoms with Gasteiger partial charge in [0.2, 0.25) is 0 Å². The number of rotatable bonds is 8. The molecule has 2 N–H and O–H groups in total. The van der Waals surface area contributed by atoms with Gasteiger partial charge >= 0.3 is 0 Å². The molecule has 21 heavy (non-hydrogen) atoms. The number of nitrogens with zero attached hydrogens (tertiary/aromatic N) is 1. The van der Waals surface area contributed by atoms with Crippen molar-refractivity contribution in [2.45, 2.75) is 33.2 Å². The standard InChI is InChI=1S/C16H26N2O3/c1-5-18(6-2)16(19)11-21-15-10-13(9-12(3)17)7-8-14(15)20-4/h7-8,10,12H,5-6,9,11,17H2,1-4H3. The van der Waals surface area contributed by atoms with Crippen molar-refractivity contribution in [3.8, 4) is 11.5 Å². The highest BCUT2D eigenvalue weighted by atomic mass is 16.5. The molecule has 1 unspecified atom stereocenters. The Labute approximate surface area is 127 Å². The number of likely N-dealkylation sites (N-methyl/N-ethyl adjacent to an activating group) is 1. The zero-order valence-corrected chi connectivity index (χ0v) is 13.4. The maximum atomic E-state index is 12.0. The third-order valence-electron chi connectivity index (χ3n) is 3.25. The second-order valence-electron chi connectivity index (χ2n) is 5.02. The third-order valence-corrected chi connectivity index (χ3v) is 3.25. The van der Waals surface area contributed by atoms with Crippen LogP contribution in [0.15, 0.2) is 18.2 Å². The van der Waals surface area contributed by atoms with Gasteiger partial charge in [-0.2, -0.15) is 0 Å². The van der Waals surface area contributed by atoms with Crippen molar-refractivity contribution in [2.24, 2.45) is 5.73 Å². The van der Waals surface area contributed by atoms with E-state index in [1.807, 2.05) is 39.0 Å². The quantitative estimate of drug-likeness (QED) is 0.794. The van der Waals surface area contributed by atoms with Gasteiger partial charge < -0.3 is 20.1 Å². The van der Waals surface area contributed by atoms with Crippen LogP contribution in [0.25, 0.3) is 0 Å². The molecule has 5 nitrogen and oxygen atoms in total. The van der Waals surface area contributed by atoms with Crippen molar-refractivity contribution in [1.82, 2.24) is 4.90 Å². The topological polar surface area (TPSA) is 64.8 Å². The van der Waals surface area contributed by atoms with Crippen LogP contribution < -0.4 is 15.2 Å². The molecule has 0 aliphatic rings. The summed E-state index contributed by atoms with van der Waals surface area (Å²) in [5.74, 6) is 1.17. The van der Waals surface area contributed by atoms with Crippen LogP contribution in [0, 0.1) is 0 Å². The van der Waals surface area contributed by atoms with Gasteiger partial charge in [0.25, 0.3) is 5.91 Å².